The van der Waals surface area contributed by atoms with E-state index in [1.165, 1.54) is 0 Å². The Morgan fingerprint density at radius 3 is 2.80 bits per heavy atom. The van der Waals surface area contributed by atoms with Crippen molar-refractivity contribution in [2.75, 3.05) is 6.54 Å². The number of amides is 2. The third kappa shape index (κ3) is 2.85. The van der Waals surface area contributed by atoms with Crippen molar-refractivity contribution in [3.63, 3.8) is 0 Å². The number of carbonyl (C=O) groups excluding carboxylic acids is 2. The summed E-state index contributed by atoms with van der Waals surface area (Å²) in [6, 6.07) is 1.73. The van der Waals surface area contributed by atoms with Gasteiger partial charge in [-0.1, -0.05) is 0 Å². The van der Waals surface area contributed by atoms with Gasteiger partial charge in [-0.3, -0.25) is 14.6 Å². The SMILES string of the molecule is O=C(NC1CC1)C1CCCN1C(=O)c1cncc(Br)c1. The van der Waals surface area contributed by atoms with Crippen LogP contribution in [0.25, 0.3) is 0 Å². The second-order valence-electron chi connectivity index (χ2n) is 5.33. The Hall–Kier alpha value is -1.43. The van der Waals surface area contributed by atoms with Crippen molar-refractivity contribution in [2.45, 2.75) is 37.8 Å². The third-order valence-electron chi connectivity index (χ3n) is 3.69. The molecule has 2 aliphatic rings. The lowest BCUT2D eigenvalue weighted by Crippen LogP contribution is -2.46. The second kappa shape index (κ2) is 5.52. The van der Waals surface area contributed by atoms with Crippen molar-refractivity contribution >= 4 is 27.7 Å². The van der Waals surface area contributed by atoms with Gasteiger partial charge in [0.25, 0.3) is 5.91 Å². The summed E-state index contributed by atoms with van der Waals surface area (Å²) in [5, 5.41) is 2.99. The normalized spacial score (nSPS) is 21.9. The summed E-state index contributed by atoms with van der Waals surface area (Å²) < 4.78 is 0.765. The largest absolute Gasteiger partial charge is 0.352 e. The van der Waals surface area contributed by atoms with Crippen LogP contribution in [0.5, 0.6) is 0 Å². The number of rotatable bonds is 3. The molecule has 1 aliphatic heterocycles. The zero-order chi connectivity index (χ0) is 14.1. The Kier molecular flexibility index (Phi) is 3.74. The van der Waals surface area contributed by atoms with E-state index in [1.807, 2.05) is 0 Å². The molecule has 1 aromatic rings. The average Bonchev–Trinajstić information content (AvgIpc) is 3.10. The van der Waals surface area contributed by atoms with Gasteiger partial charge in [0.05, 0.1) is 5.56 Å². The van der Waals surface area contributed by atoms with Gasteiger partial charge in [0.1, 0.15) is 6.04 Å². The van der Waals surface area contributed by atoms with Crippen molar-refractivity contribution in [1.82, 2.24) is 15.2 Å². The Morgan fingerprint density at radius 2 is 2.10 bits per heavy atom. The van der Waals surface area contributed by atoms with Gasteiger partial charge < -0.3 is 10.2 Å². The fourth-order valence-electron chi connectivity index (χ4n) is 2.50. The topological polar surface area (TPSA) is 62.3 Å². The fourth-order valence-corrected chi connectivity index (χ4v) is 2.87. The molecule has 106 valence electrons. The molecular formula is C14H16BrN3O2. The minimum atomic E-state index is -0.331. The lowest BCUT2D eigenvalue weighted by Gasteiger charge is -2.24. The highest BCUT2D eigenvalue weighted by molar-refractivity contribution is 9.10. The lowest BCUT2D eigenvalue weighted by atomic mass is 10.2. The van der Waals surface area contributed by atoms with E-state index in [2.05, 4.69) is 26.2 Å². The summed E-state index contributed by atoms with van der Waals surface area (Å²) in [4.78, 5) is 30.4. The third-order valence-corrected chi connectivity index (χ3v) is 4.13. The molecule has 1 unspecified atom stereocenters. The van der Waals surface area contributed by atoms with Gasteiger partial charge in [-0.15, -0.1) is 0 Å². The van der Waals surface area contributed by atoms with Gasteiger partial charge in [0, 0.05) is 29.5 Å². The van der Waals surface area contributed by atoms with Crippen LogP contribution in [-0.2, 0) is 4.79 Å². The van der Waals surface area contributed by atoms with Crippen LogP contribution in [-0.4, -0.2) is 40.3 Å². The first-order chi connectivity index (χ1) is 9.65. The number of aromatic nitrogens is 1. The van der Waals surface area contributed by atoms with E-state index in [4.69, 9.17) is 0 Å². The quantitative estimate of drug-likeness (QED) is 0.913. The molecule has 3 rings (SSSR count). The van der Waals surface area contributed by atoms with Crippen LogP contribution in [0, 0.1) is 0 Å². The summed E-state index contributed by atoms with van der Waals surface area (Å²) in [7, 11) is 0. The number of pyridine rings is 1. The Bertz CT molecular complexity index is 545. The van der Waals surface area contributed by atoms with Gasteiger partial charge in [-0.05, 0) is 47.7 Å². The number of nitrogens with one attached hydrogen (secondary N) is 1. The molecule has 2 fully saturated rings. The lowest BCUT2D eigenvalue weighted by molar-refractivity contribution is -0.125. The molecule has 5 nitrogen and oxygen atoms in total. The molecule has 0 radical (unpaired) electrons. The van der Waals surface area contributed by atoms with Crippen LogP contribution < -0.4 is 5.32 Å². The maximum Gasteiger partial charge on any atom is 0.256 e. The highest BCUT2D eigenvalue weighted by atomic mass is 79.9. The molecule has 0 spiro atoms. The van der Waals surface area contributed by atoms with Crippen molar-refractivity contribution in [2.24, 2.45) is 0 Å². The van der Waals surface area contributed by atoms with Crippen LogP contribution >= 0.6 is 15.9 Å². The van der Waals surface area contributed by atoms with E-state index in [1.54, 1.807) is 23.4 Å². The molecule has 1 N–H and O–H groups in total. The van der Waals surface area contributed by atoms with E-state index >= 15 is 0 Å². The number of halogens is 1. The minimum absolute atomic E-state index is 0.0127. The summed E-state index contributed by atoms with van der Waals surface area (Å²) >= 11 is 3.31. The number of likely N-dealkylation sites (tertiary alicyclic amines) is 1. The van der Waals surface area contributed by atoms with Gasteiger partial charge in [-0.25, -0.2) is 0 Å². The molecule has 2 amide bonds. The Labute approximate surface area is 125 Å². The molecule has 0 aromatic carbocycles. The summed E-state index contributed by atoms with van der Waals surface area (Å²) in [6.45, 7) is 0.633. The molecule has 6 heteroatoms. The maximum atomic E-state index is 12.5. The van der Waals surface area contributed by atoms with E-state index < -0.39 is 0 Å². The number of nitrogens with zero attached hydrogens (tertiary/aromatic N) is 2. The van der Waals surface area contributed by atoms with E-state index in [0.717, 1.165) is 30.2 Å². The minimum Gasteiger partial charge on any atom is -0.352 e. The first-order valence-corrected chi connectivity index (χ1v) is 7.66. The molecule has 1 saturated heterocycles. The standard InChI is InChI=1S/C14H16BrN3O2/c15-10-6-9(7-16-8-10)14(20)18-5-1-2-12(18)13(19)17-11-3-4-11/h6-8,11-12H,1-5H2,(H,17,19). The summed E-state index contributed by atoms with van der Waals surface area (Å²) in [5.41, 5.74) is 0.519. The molecule has 20 heavy (non-hydrogen) atoms. The fraction of sp³-hybridized carbons (Fsp3) is 0.500. The van der Waals surface area contributed by atoms with Crippen LogP contribution in [0.1, 0.15) is 36.0 Å². The predicted molar refractivity (Wildman–Crippen MR) is 77.2 cm³/mol. The van der Waals surface area contributed by atoms with Crippen molar-refractivity contribution in [1.29, 1.82) is 0 Å². The number of carbonyl (C=O) groups is 2. The smallest absolute Gasteiger partial charge is 0.256 e. The predicted octanol–water partition coefficient (Wildman–Crippen LogP) is 1.73. The molecule has 1 atom stereocenters. The van der Waals surface area contributed by atoms with Crippen molar-refractivity contribution < 1.29 is 9.59 Å². The van der Waals surface area contributed by atoms with E-state index in [0.29, 0.717) is 18.2 Å². The van der Waals surface area contributed by atoms with Crippen molar-refractivity contribution in [3.05, 3.63) is 28.5 Å². The Balaban J connectivity index is 1.73. The molecule has 1 aliphatic carbocycles. The molecule has 1 saturated carbocycles. The van der Waals surface area contributed by atoms with Gasteiger partial charge in [-0.2, -0.15) is 0 Å². The van der Waals surface area contributed by atoms with Crippen molar-refractivity contribution in [3.8, 4) is 0 Å². The zero-order valence-electron chi connectivity index (χ0n) is 11.0. The highest BCUT2D eigenvalue weighted by Gasteiger charge is 2.36. The highest BCUT2D eigenvalue weighted by Crippen LogP contribution is 2.24. The first-order valence-electron chi connectivity index (χ1n) is 6.87. The van der Waals surface area contributed by atoms with Crippen LogP contribution in [0.4, 0.5) is 0 Å². The monoisotopic (exact) mass is 337 g/mol. The van der Waals surface area contributed by atoms with Gasteiger partial charge >= 0.3 is 0 Å². The molecule has 2 heterocycles. The van der Waals surface area contributed by atoms with Crippen LogP contribution in [0.15, 0.2) is 22.9 Å². The summed E-state index contributed by atoms with van der Waals surface area (Å²) in [5.74, 6) is -0.131. The van der Waals surface area contributed by atoms with E-state index in [-0.39, 0.29) is 17.9 Å². The summed E-state index contributed by atoms with van der Waals surface area (Å²) in [6.07, 6.45) is 6.91. The number of hydrogen-bond donors (Lipinski definition) is 1. The number of hydrogen-bond acceptors (Lipinski definition) is 3. The molecule has 1 aromatic heterocycles. The van der Waals surface area contributed by atoms with Gasteiger partial charge in [0.15, 0.2) is 0 Å². The van der Waals surface area contributed by atoms with Gasteiger partial charge in [0.2, 0.25) is 5.91 Å². The Morgan fingerprint density at radius 1 is 1.30 bits per heavy atom. The van der Waals surface area contributed by atoms with E-state index in [9.17, 15) is 9.59 Å². The molecular weight excluding hydrogens is 322 g/mol. The maximum absolute atomic E-state index is 12.5. The average molecular weight is 338 g/mol. The first kappa shape index (κ1) is 13.5. The van der Waals surface area contributed by atoms with Crippen LogP contribution in [0.3, 0.4) is 0 Å². The van der Waals surface area contributed by atoms with Crippen LogP contribution in [0.2, 0.25) is 0 Å². The second-order valence-corrected chi connectivity index (χ2v) is 6.25. The molecule has 0 bridgehead atoms. The zero-order valence-corrected chi connectivity index (χ0v) is 12.6.